The largest absolute Gasteiger partial charge is 0.340 e. The first-order valence-corrected chi connectivity index (χ1v) is 10.0. The first-order chi connectivity index (χ1) is 13.1. The number of hydrogen-bond donors (Lipinski definition) is 0. The normalized spacial score (nSPS) is 21.0. The lowest BCUT2D eigenvalue weighted by atomic mass is 9.94. The van der Waals surface area contributed by atoms with Crippen LogP contribution in [0.25, 0.3) is 10.9 Å². The maximum Gasteiger partial charge on any atom is 0.227 e. The van der Waals surface area contributed by atoms with Gasteiger partial charge in [-0.15, -0.1) is 0 Å². The van der Waals surface area contributed by atoms with E-state index in [9.17, 15) is 9.59 Å². The summed E-state index contributed by atoms with van der Waals surface area (Å²) in [7, 11) is 1.84. The average molecular weight is 365 g/mol. The molecule has 1 atom stereocenters. The summed E-state index contributed by atoms with van der Waals surface area (Å²) >= 11 is 0. The van der Waals surface area contributed by atoms with Crippen LogP contribution in [0.2, 0.25) is 0 Å². The zero-order valence-electron chi connectivity index (χ0n) is 15.9. The molecule has 1 aliphatic carbocycles. The van der Waals surface area contributed by atoms with Gasteiger partial charge in [-0.2, -0.15) is 0 Å². The number of piperidine rings is 1. The highest BCUT2D eigenvalue weighted by Gasteiger charge is 2.36. The van der Waals surface area contributed by atoms with Crippen LogP contribution in [-0.4, -0.2) is 46.2 Å². The van der Waals surface area contributed by atoms with Crippen molar-refractivity contribution in [1.82, 2.24) is 14.8 Å². The second-order valence-corrected chi connectivity index (χ2v) is 7.91. The van der Waals surface area contributed by atoms with Crippen LogP contribution in [0.4, 0.5) is 0 Å². The van der Waals surface area contributed by atoms with Gasteiger partial charge in [-0.25, -0.2) is 0 Å². The molecule has 1 aromatic carbocycles. The number of carbonyl (C=O) groups is 2. The summed E-state index contributed by atoms with van der Waals surface area (Å²) in [5.41, 5.74) is 1.84. The van der Waals surface area contributed by atoms with E-state index in [-0.39, 0.29) is 17.7 Å². The molecule has 2 amide bonds. The Balaban J connectivity index is 1.42. The highest BCUT2D eigenvalue weighted by atomic mass is 16.2. The number of fused-ring (bicyclic) bond motifs is 1. The highest BCUT2D eigenvalue weighted by molar-refractivity contribution is 5.84. The number of likely N-dealkylation sites (tertiary alicyclic amines) is 1. The van der Waals surface area contributed by atoms with E-state index in [1.807, 2.05) is 42.3 Å². The Kier molecular flexibility index (Phi) is 5.10. The van der Waals surface area contributed by atoms with E-state index in [0.717, 1.165) is 29.4 Å². The number of hydrogen-bond acceptors (Lipinski definition) is 3. The molecular formula is C22H27N3O2. The zero-order chi connectivity index (χ0) is 18.8. The molecule has 27 heavy (non-hydrogen) atoms. The van der Waals surface area contributed by atoms with Gasteiger partial charge >= 0.3 is 0 Å². The maximum absolute atomic E-state index is 13.0. The van der Waals surface area contributed by atoms with Crippen molar-refractivity contribution in [2.24, 2.45) is 5.92 Å². The van der Waals surface area contributed by atoms with E-state index < -0.39 is 0 Å². The quantitative estimate of drug-likeness (QED) is 0.835. The van der Waals surface area contributed by atoms with Crippen molar-refractivity contribution in [3.8, 4) is 0 Å². The Hall–Kier alpha value is -2.43. The van der Waals surface area contributed by atoms with E-state index in [4.69, 9.17) is 0 Å². The van der Waals surface area contributed by atoms with Crippen LogP contribution in [0.5, 0.6) is 0 Å². The Morgan fingerprint density at radius 2 is 1.93 bits per heavy atom. The Labute approximate surface area is 160 Å². The van der Waals surface area contributed by atoms with Crippen molar-refractivity contribution in [2.75, 3.05) is 13.6 Å². The summed E-state index contributed by atoms with van der Waals surface area (Å²) in [4.78, 5) is 33.7. The van der Waals surface area contributed by atoms with Crippen molar-refractivity contribution >= 4 is 22.7 Å². The number of para-hydroxylation sites is 1. The van der Waals surface area contributed by atoms with E-state index in [2.05, 4.69) is 11.1 Å². The Morgan fingerprint density at radius 1 is 1.15 bits per heavy atom. The molecule has 2 aliphatic rings. The number of pyridine rings is 1. The number of aromatic nitrogens is 1. The van der Waals surface area contributed by atoms with Crippen LogP contribution in [0.1, 0.15) is 44.2 Å². The third kappa shape index (κ3) is 3.82. The minimum Gasteiger partial charge on any atom is -0.340 e. The minimum absolute atomic E-state index is 0.0891. The molecule has 2 aromatic rings. The summed E-state index contributed by atoms with van der Waals surface area (Å²) < 4.78 is 0. The van der Waals surface area contributed by atoms with Gasteiger partial charge in [-0.3, -0.25) is 14.6 Å². The maximum atomic E-state index is 13.0. The van der Waals surface area contributed by atoms with Gasteiger partial charge in [-0.05, 0) is 31.4 Å². The molecule has 0 N–H and O–H groups in total. The monoisotopic (exact) mass is 365 g/mol. The number of rotatable bonds is 4. The van der Waals surface area contributed by atoms with Crippen LogP contribution in [0, 0.1) is 5.92 Å². The predicted octanol–water partition coefficient (Wildman–Crippen LogP) is 3.37. The summed E-state index contributed by atoms with van der Waals surface area (Å²) in [6.45, 7) is 1.08. The van der Waals surface area contributed by atoms with Gasteiger partial charge < -0.3 is 9.80 Å². The molecule has 0 radical (unpaired) electrons. The molecule has 0 bridgehead atoms. The number of carbonyl (C=O) groups excluding carboxylic acids is 2. The predicted molar refractivity (Wildman–Crippen MR) is 105 cm³/mol. The standard InChI is InChI=1S/C22H27N3O2/c1-24(15-18-12-10-16-6-2-5-9-20(16)23-18)22(27)17-11-13-21(26)25(14-17)19-7-3-4-8-19/h2,5-6,9-10,12,17,19H,3-4,7-8,11,13-15H2,1H3. The second-order valence-electron chi connectivity index (χ2n) is 7.91. The molecule has 142 valence electrons. The molecule has 1 saturated carbocycles. The van der Waals surface area contributed by atoms with E-state index in [0.29, 0.717) is 32.0 Å². The second kappa shape index (κ2) is 7.67. The molecule has 5 heteroatoms. The van der Waals surface area contributed by atoms with Crippen LogP contribution in [0.3, 0.4) is 0 Å². The van der Waals surface area contributed by atoms with Crippen LogP contribution < -0.4 is 0 Å². The van der Waals surface area contributed by atoms with E-state index in [1.165, 1.54) is 12.8 Å². The number of amides is 2. The fourth-order valence-electron chi connectivity index (χ4n) is 4.47. The molecule has 1 unspecified atom stereocenters. The van der Waals surface area contributed by atoms with Crippen LogP contribution in [0.15, 0.2) is 36.4 Å². The Bertz CT molecular complexity index is 844. The van der Waals surface area contributed by atoms with E-state index in [1.54, 1.807) is 4.90 Å². The minimum atomic E-state index is -0.0891. The Morgan fingerprint density at radius 3 is 2.74 bits per heavy atom. The average Bonchev–Trinajstić information content (AvgIpc) is 3.22. The SMILES string of the molecule is CN(Cc1ccc2ccccc2n1)C(=O)C1CCC(=O)N(C2CCCC2)C1. The van der Waals surface area contributed by atoms with Crippen molar-refractivity contribution in [1.29, 1.82) is 0 Å². The summed E-state index contributed by atoms with van der Waals surface area (Å²) in [5.74, 6) is 0.263. The highest BCUT2D eigenvalue weighted by Crippen LogP contribution is 2.29. The molecule has 2 heterocycles. The lowest BCUT2D eigenvalue weighted by Crippen LogP contribution is -2.49. The van der Waals surface area contributed by atoms with Crippen LogP contribution in [-0.2, 0) is 16.1 Å². The summed E-state index contributed by atoms with van der Waals surface area (Å²) in [5, 5.41) is 1.10. The van der Waals surface area contributed by atoms with Crippen molar-refractivity contribution in [3.05, 3.63) is 42.1 Å². The van der Waals surface area contributed by atoms with Gasteiger partial charge in [-0.1, -0.05) is 37.1 Å². The zero-order valence-corrected chi connectivity index (χ0v) is 15.9. The lowest BCUT2D eigenvalue weighted by Gasteiger charge is -2.37. The van der Waals surface area contributed by atoms with Crippen LogP contribution >= 0.6 is 0 Å². The fourth-order valence-corrected chi connectivity index (χ4v) is 4.47. The fraction of sp³-hybridized carbons (Fsp3) is 0.500. The molecule has 1 aliphatic heterocycles. The van der Waals surface area contributed by atoms with Gasteiger partial charge in [0.25, 0.3) is 0 Å². The molecule has 1 saturated heterocycles. The van der Waals surface area contributed by atoms with Gasteiger partial charge in [0.15, 0.2) is 0 Å². The van der Waals surface area contributed by atoms with Crippen molar-refractivity contribution < 1.29 is 9.59 Å². The smallest absolute Gasteiger partial charge is 0.227 e. The summed E-state index contributed by atoms with van der Waals surface area (Å²) in [6, 6.07) is 12.4. The third-order valence-corrected chi connectivity index (χ3v) is 5.99. The first-order valence-electron chi connectivity index (χ1n) is 10.0. The van der Waals surface area contributed by atoms with Gasteiger partial charge in [0.05, 0.1) is 23.7 Å². The number of benzene rings is 1. The molecule has 0 spiro atoms. The van der Waals surface area contributed by atoms with Gasteiger partial charge in [0.2, 0.25) is 11.8 Å². The van der Waals surface area contributed by atoms with Gasteiger partial charge in [0.1, 0.15) is 0 Å². The molecule has 5 nitrogen and oxygen atoms in total. The molecule has 1 aromatic heterocycles. The lowest BCUT2D eigenvalue weighted by molar-refractivity contribution is -0.144. The summed E-state index contributed by atoms with van der Waals surface area (Å²) in [6.07, 6.45) is 5.72. The molecule has 2 fully saturated rings. The first kappa shape index (κ1) is 18.0. The molecular weight excluding hydrogens is 338 g/mol. The van der Waals surface area contributed by atoms with Gasteiger partial charge in [0, 0.05) is 31.4 Å². The van der Waals surface area contributed by atoms with Crippen molar-refractivity contribution in [2.45, 2.75) is 51.1 Å². The third-order valence-electron chi connectivity index (χ3n) is 5.99. The molecule has 4 rings (SSSR count). The number of nitrogens with zero attached hydrogens (tertiary/aromatic N) is 3. The topological polar surface area (TPSA) is 53.5 Å². The van der Waals surface area contributed by atoms with Crippen molar-refractivity contribution in [3.63, 3.8) is 0 Å². The van der Waals surface area contributed by atoms with E-state index >= 15 is 0 Å².